The van der Waals surface area contributed by atoms with E-state index in [-0.39, 0.29) is 22.4 Å². The van der Waals surface area contributed by atoms with Gasteiger partial charge in [0.15, 0.2) is 0 Å². The van der Waals surface area contributed by atoms with Crippen molar-refractivity contribution in [3.8, 4) is 0 Å². The average molecular weight is 515 g/mol. The van der Waals surface area contributed by atoms with Crippen molar-refractivity contribution in [1.29, 1.82) is 0 Å². The second kappa shape index (κ2) is 8.96. The van der Waals surface area contributed by atoms with E-state index in [4.69, 9.17) is 0 Å². The molecule has 3 fully saturated rings. The molecule has 3 heteroatoms. The minimum atomic E-state index is -0.949. The maximum absolute atomic E-state index is 12.5. The standard InChI is InChI=1S/C31H32NO.BrH/c33-31(28-11-3-1-4-12-28,29-13-5-2-6-14-29)30-17-20-32(21-18-30,22-19-30)24-25-15-16-26-9-7-8-10-27(26)23-25;/h1-16,23,33H,17-22,24H2;1H/q+1;/p-1. The topological polar surface area (TPSA) is 20.2 Å². The zero-order valence-electron chi connectivity index (χ0n) is 19.5. The first-order valence-electron chi connectivity index (χ1n) is 12.3. The van der Waals surface area contributed by atoms with Gasteiger partial charge >= 0.3 is 0 Å². The Labute approximate surface area is 213 Å². The highest BCUT2D eigenvalue weighted by Gasteiger charge is 2.60. The third-order valence-electron chi connectivity index (χ3n) is 8.68. The third-order valence-corrected chi connectivity index (χ3v) is 8.68. The fourth-order valence-electron chi connectivity index (χ4n) is 6.71. The van der Waals surface area contributed by atoms with Crippen molar-refractivity contribution >= 4 is 10.8 Å². The van der Waals surface area contributed by atoms with Crippen molar-refractivity contribution in [1.82, 2.24) is 0 Å². The predicted octanol–water partition coefficient (Wildman–Crippen LogP) is 3.28. The summed E-state index contributed by atoms with van der Waals surface area (Å²) in [6.07, 6.45) is 3.17. The van der Waals surface area contributed by atoms with Gasteiger partial charge in [-0.3, -0.25) is 0 Å². The normalized spacial score (nSPS) is 24.0. The summed E-state index contributed by atoms with van der Waals surface area (Å²) in [6.45, 7) is 4.49. The lowest BCUT2D eigenvalue weighted by atomic mass is 9.56. The van der Waals surface area contributed by atoms with Gasteiger partial charge < -0.3 is 26.6 Å². The molecule has 3 aliphatic heterocycles. The van der Waals surface area contributed by atoms with Crippen molar-refractivity contribution in [3.05, 3.63) is 120 Å². The Morgan fingerprint density at radius 1 is 0.647 bits per heavy atom. The van der Waals surface area contributed by atoms with Gasteiger partial charge in [-0.1, -0.05) is 97.1 Å². The van der Waals surface area contributed by atoms with Crippen LogP contribution in [0.3, 0.4) is 0 Å². The van der Waals surface area contributed by atoms with Crippen LogP contribution in [0, 0.1) is 5.41 Å². The highest BCUT2D eigenvalue weighted by molar-refractivity contribution is 5.82. The number of benzene rings is 4. The minimum Gasteiger partial charge on any atom is -1.00 e. The lowest BCUT2D eigenvalue weighted by Crippen LogP contribution is -3.00. The van der Waals surface area contributed by atoms with Crippen molar-refractivity contribution in [2.24, 2.45) is 5.41 Å². The molecule has 7 rings (SSSR count). The zero-order chi connectivity index (χ0) is 22.4. The maximum atomic E-state index is 12.5. The van der Waals surface area contributed by atoms with Crippen LogP contribution in [-0.2, 0) is 12.1 Å². The maximum Gasteiger partial charge on any atom is 0.121 e. The molecule has 0 aliphatic carbocycles. The smallest absolute Gasteiger partial charge is 0.121 e. The summed E-state index contributed by atoms with van der Waals surface area (Å²) in [4.78, 5) is 0. The molecule has 0 unspecified atom stereocenters. The summed E-state index contributed by atoms with van der Waals surface area (Å²) in [5, 5.41) is 15.2. The SMILES string of the molecule is OC(c1ccccc1)(c1ccccc1)C12CC[N+](Cc3ccc4ccccc4c3)(CC1)CC2.[Br-]. The van der Waals surface area contributed by atoms with Crippen LogP contribution >= 0.6 is 0 Å². The number of aliphatic hydroxyl groups is 1. The molecule has 3 saturated heterocycles. The summed E-state index contributed by atoms with van der Waals surface area (Å²) in [5.74, 6) is 0. The van der Waals surface area contributed by atoms with Crippen LogP contribution in [0.5, 0.6) is 0 Å². The zero-order valence-corrected chi connectivity index (χ0v) is 21.1. The van der Waals surface area contributed by atoms with Crippen LogP contribution < -0.4 is 17.0 Å². The van der Waals surface area contributed by atoms with Crippen LogP contribution in [0.1, 0.15) is 36.0 Å². The van der Waals surface area contributed by atoms with Crippen LogP contribution in [-0.4, -0.2) is 29.2 Å². The molecular weight excluding hydrogens is 482 g/mol. The molecule has 34 heavy (non-hydrogen) atoms. The van der Waals surface area contributed by atoms with Gasteiger partial charge in [0.2, 0.25) is 0 Å². The highest BCUT2D eigenvalue weighted by atomic mass is 79.9. The van der Waals surface area contributed by atoms with Gasteiger partial charge in [0, 0.05) is 30.2 Å². The molecular formula is C31H32BrNO. The molecule has 3 aliphatic rings. The van der Waals surface area contributed by atoms with E-state index >= 15 is 0 Å². The Kier molecular flexibility index (Phi) is 6.14. The van der Waals surface area contributed by atoms with Crippen molar-refractivity contribution in [2.75, 3.05) is 19.6 Å². The van der Waals surface area contributed by atoms with Crippen LogP contribution in [0.15, 0.2) is 103 Å². The number of halogens is 1. The number of rotatable bonds is 5. The number of fused-ring (bicyclic) bond motifs is 4. The van der Waals surface area contributed by atoms with E-state index in [1.807, 2.05) is 12.1 Å². The Hall–Kier alpha value is -2.46. The van der Waals surface area contributed by atoms with E-state index in [2.05, 4.69) is 91.0 Å². The number of piperidine rings is 3. The molecule has 0 atom stereocenters. The third kappa shape index (κ3) is 3.71. The summed E-state index contributed by atoms with van der Waals surface area (Å²) in [6, 6.07) is 36.4. The molecule has 0 spiro atoms. The van der Waals surface area contributed by atoms with Gasteiger partial charge in [0.1, 0.15) is 12.1 Å². The monoisotopic (exact) mass is 513 g/mol. The lowest BCUT2D eigenvalue weighted by molar-refractivity contribution is -0.958. The summed E-state index contributed by atoms with van der Waals surface area (Å²) in [7, 11) is 0. The van der Waals surface area contributed by atoms with Crippen molar-refractivity contribution < 1.29 is 26.6 Å². The van der Waals surface area contributed by atoms with Gasteiger partial charge in [-0.2, -0.15) is 0 Å². The molecule has 0 radical (unpaired) electrons. The molecule has 0 amide bonds. The van der Waals surface area contributed by atoms with Gasteiger partial charge in [-0.25, -0.2) is 0 Å². The number of hydrogen-bond acceptors (Lipinski definition) is 1. The van der Waals surface area contributed by atoms with Gasteiger partial charge in [0.05, 0.1) is 19.6 Å². The molecule has 3 heterocycles. The van der Waals surface area contributed by atoms with Gasteiger partial charge in [-0.15, -0.1) is 0 Å². The molecule has 0 aromatic heterocycles. The first kappa shape index (κ1) is 23.3. The minimum absolute atomic E-state index is 0. The summed E-state index contributed by atoms with van der Waals surface area (Å²) in [5.41, 5.74) is 2.44. The first-order valence-corrected chi connectivity index (χ1v) is 12.3. The van der Waals surface area contributed by atoms with Crippen LogP contribution in [0.2, 0.25) is 0 Å². The van der Waals surface area contributed by atoms with E-state index in [0.29, 0.717) is 0 Å². The summed E-state index contributed by atoms with van der Waals surface area (Å²) >= 11 is 0. The van der Waals surface area contributed by atoms with Gasteiger partial charge in [-0.05, 0) is 28.0 Å². The molecule has 2 nitrogen and oxygen atoms in total. The lowest BCUT2D eigenvalue weighted by Gasteiger charge is -2.60. The van der Waals surface area contributed by atoms with Crippen LogP contribution in [0.25, 0.3) is 10.8 Å². The van der Waals surface area contributed by atoms with Gasteiger partial charge in [0.25, 0.3) is 0 Å². The Bertz CT molecular complexity index is 1210. The average Bonchev–Trinajstić information content (AvgIpc) is 2.90. The predicted molar refractivity (Wildman–Crippen MR) is 135 cm³/mol. The quantitative estimate of drug-likeness (QED) is 0.406. The van der Waals surface area contributed by atoms with E-state index in [0.717, 1.165) is 61.1 Å². The molecule has 2 bridgehead atoms. The molecule has 1 N–H and O–H groups in total. The molecule has 0 saturated carbocycles. The first-order chi connectivity index (χ1) is 16.1. The van der Waals surface area contributed by atoms with E-state index in [1.165, 1.54) is 16.3 Å². The van der Waals surface area contributed by atoms with E-state index in [1.54, 1.807) is 0 Å². The number of quaternary nitrogens is 1. The number of nitrogens with zero attached hydrogens (tertiary/aromatic N) is 1. The fourth-order valence-corrected chi connectivity index (χ4v) is 6.71. The molecule has 4 aromatic rings. The Morgan fingerprint density at radius 3 is 1.71 bits per heavy atom. The fraction of sp³-hybridized carbons (Fsp3) is 0.290. The second-order valence-electron chi connectivity index (χ2n) is 10.3. The Balaban J connectivity index is 0.00000241. The number of hydrogen-bond donors (Lipinski definition) is 1. The second-order valence-corrected chi connectivity index (χ2v) is 10.3. The Morgan fingerprint density at radius 2 is 1.15 bits per heavy atom. The molecule has 4 aromatic carbocycles. The summed E-state index contributed by atoms with van der Waals surface area (Å²) < 4.78 is 1.15. The van der Waals surface area contributed by atoms with E-state index in [9.17, 15) is 5.11 Å². The van der Waals surface area contributed by atoms with Crippen molar-refractivity contribution in [2.45, 2.75) is 31.4 Å². The molecule has 174 valence electrons. The van der Waals surface area contributed by atoms with Crippen molar-refractivity contribution in [3.63, 3.8) is 0 Å². The van der Waals surface area contributed by atoms with E-state index < -0.39 is 5.60 Å². The largest absolute Gasteiger partial charge is 1.00 e. The van der Waals surface area contributed by atoms with Crippen LogP contribution in [0.4, 0.5) is 0 Å². The highest BCUT2D eigenvalue weighted by Crippen LogP contribution is 2.57.